The van der Waals surface area contributed by atoms with Gasteiger partial charge in [-0.25, -0.2) is 0 Å². The van der Waals surface area contributed by atoms with Crippen LogP contribution in [0.3, 0.4) is 0 Å². The third kappa shape index (κ3) is 4.44. The molecule has 3 aromatic rings. The summed E-state index contributed by atoms with van der Waals surface area (Å²) in [5, 5.41) is 12.4. The molecule has 1 amide bonds. The number of nitriles is 1. The van der Waals surface area contributed by atoms with Gasteiger partial charge in [-0.3, -0.25) is 4.79 Å². The second-order valence-electron chi connectivity index (χ2n) is 5.45. The van der Waals surface area contributed by atoms with Gasteiger partial charge in [0, 0.05) is 10.6 Å². The summed E-state index contributed by atoms with van der Waals surface area (Å²) in [4.78, 5) is 11.9. The zero-order valence-corrected chi connectivity index (χ0v) is 14.5. The molecule has 0 bridgehead atoms. The molecule has 5 nitrogen and oxygen atoms in total. The number of amides is 1. The molecular weight excluding hydrogens is 352 g/mol. The second-order valence-corrected chi connectivity index (χ2v) is 5.88. The number of nitrogens with one attached hydrogen (secondary N) is 1. The highest BCUT2D eigenvalue weighted by atomic mass is 35.5. The summed E-state index contributed by atoms with van der Waals surface area (Å²) in [5.74, 6) is 1.40. The minimum absolute atomic E-state index is 0.177. The summed E-state index contributed by atoms with van der Waals surface area (Å²) >= 11 is 5.87. The molecule has 3 rings (SSSR count). The Bertz CT molecular complexity index is 942. The van der Waals surface area contributed by atoms with Gasteiger partial charge in [0.15, 0.2) is 6.61 Å². The van der Waals surface area contributed by atoms with Crippen molar-refractivity contribution < 1.29 is 13.9 Å². The first-order valence-electron chi connectivity index (χ1n) is 7.89. The molecule has 0 spiro atoms. The summed E-state index contributed by atoms with van der Waals surface area (Å²) in [6.07, 6.45) is 0. The van der Waals surface area contributed by atoms with Gasteiger partial charge in [0.2, 0.25) is 0 Å². The van der Waals surface area contributed by atoms with Gasteiger partial charge in [-0.15, -0.1) is 0 Å². The predicted octanol–water partition coefficient (Wildman–Crippen LogP) is 4.17. The number of nitrogens with zero attached hydrogens (tertiary/aromatic N) is 1. The SMILES string of the molecule is N#Cc1ccccc1OCC(=O)NCc1ccc(-c2ccc(Cl)cc2)o1. The fraction of sp³-hybridized carbons (Fsp3) is 0.100. The Morgan fingerprint density at radius 2 is 1.88 bits per heavy atom. The van der Waals surface area contributed by atoms with E-state index in [0.29, 0.717) is 27.9 Å². The second kappa shape index (κ2) is 8.24. The predicted molar refractivity (Wildman–Crippen MR) is 97.7 cm³/mol. The molecule has 0 unspecified atom stereocenters. The minimum atomic E-state index is -0.304. The molecule has 2 aromatic carbocycles. The fourth-order valence-corrected chi connectivity index (χ4v) is 2.43. The largest absolute Gasteiger partial charge is 0.482 e. The average Bonchev–Trinajstić information content (AvgIpc) is 3.14. The molecule has 26 heavy (non-hydrogen) atoms. The van der Waals surface area contributed by atoms with Crippen molar-refractivity contribution in [3.63, 3.8) is 0 Å². The Morgan fingerprint density at radius 3 is 2.65 bits per heavy atom. The van der Waals surface area contributed by atoms with Gasteiger partial charge in [0.25, 0.3) is 5.91 Å². The maximum absolute atomic E-state index is 11.9. The summed E-state index contributed by atoms with van der Waals surface area (Å²) in [6.45, 7) is 0.0686. The van der Waals surface area contributed by atoms with Crippen LogP contribution in [0, 0.1) is 11.3 Å². The van der Waals surface area contributed by atoms with Gasteiger partial charge in [-0.1, -0.05) is 23.7 Å². The van der Waals surface area contributed by atoms with Crippen molar-refractivity contribution >= 4 is 17.5 Å². The van der Waals surface area contributed by atoms with Crippen molar-refractivity contribution in [3.8, 4) is 23.1 Å². The zero-order valence-electron chi connectivity index (χ0n) is 13.7. The average molecular weight is 367 g/mol. The van der Waals surface area contributed by atoms with E-state index in [1.165, 1.54) is 0 Å². The third-order valence-corrected chi connectivity index (χ3v) is 3.87. The molecule has 0 aliphatic carbocycles. The number of ether oxygens (including phenoxy) is 1. The summed E-state index contributed by atoms with van der Waals surface area (Å²) in [7, 11) is 0. The summed E-state index contributed by atoms with van der Waals surface area (Å²) < 4.78 is 11.1. The molecule has 1 heterocycles. The molecule has 1 aromatic heterocycles. The van der Waals surface area contributed by atoms with E-state index in [-0.39, 0.29) is 19.1 Å². The van der Waals surface area contributed by atoms with E-state index < -0.39 is 0 Å². The van der Waals surface area contributed by atoms with Crippen LogP contribution in [-0.4, -0.2) is 12.5 Å². The van der Waals surface area contributed by atoms with Gasteiger partial charge < -0.3 is 14.5 Å². The Labute approximate surface area is 155 Å². The van der Waals surface area contributed by atoms with Crippen LogP contribution in [0.2, 0.25) is 5.02 Å². The number of carbonyl (C=O) groups excluding carboxylic acids is 1. The lowest BCUT2D eigenvalue weighted by molar-refractivity contribution is -0.123. The first-order valence-corrected chi connectivity index (χ1v) is 8.27. The Hall–Kier alpha value is -3.23. The first kappa shape index (κ1) is 17.6. The van der Waals surface area contributed by atoms with Crippen molar-refractivity contribution in [3.05, 3.63) is 77.0 Å². The van der Waals surface area contributed by atoms with Gasteiger partial charge in [0.1, 0.15) is 23.3 Å². The number of halogens is 1. The van der Waals surface area contributed by atoms with Gasteiger partial charge in [-0.05, 0) is 48.5 Å². The fourth-order valence-electron chi connectivity index (χ4n) is 2.31. The lowest BCUT2D eigenvalue weighted by Gasteiger charge is -2.07. The Balaban J connectivity index is 1.52. The van der Waals surface area contributed by atoms with E-state index in [2.05, 4.69) is 5.32 Å². The van der Waals surface area contributed by atoms with Crippen LogP contribution in [0.5, 0.6) is 5.75 Å². The third-order valence-electron chi connectivity index (χ3n) is 3.62. The Morgan fingerprint density at radius 1 is 1.12 bits per heavy atom. The van der Waals surface area contributed by atoms with Crippen LogP contribution >= 0.6 is 11.6 Å². The molecule has 0 radical (unpaired) electrons. The number of carbonyl (C=O) groups is 1. The van der Waals surface area contributed by atoms with E-state index in [4.69, 9.17) is 26.0 Å². The number of hydrogen-bond donors (Lipinski definition) is 1. The van der Waals surface area contributed by atoms with E-state index in [9.17, 15) is 4.79 Å². The van der Waals surface area contributed by atoms with Crippen molar-refractivity contribution in [1.29, 1.82) is 5.26 Å². The molecule has 0 saturated heterocycles. The van der Waals surface area contributed by atoms with Crippen molar-refractivity contribution in [2.75, 3.05) is 6.61 Å². The monoisotopic (exact) mass is 366 g/mol. The van der Waals surface area contributed by atoms with Crippen LogP contribution in [0.25, 0.3) is 11.3 Å². The number of para-hydroxylation sites is 1. The molecule has 6 heteroatoms. The summed E-state index contributed by atoms with van der Waals surface area (Å²) in [6, 6.07) is 19.7. The van der Waals surface area contributed by atoms with Gasteiger partial charge in [0.05, 0.1) is 12.1 Å². The van der Waals surface area contributed by atoms with Crippen LogP contribution in [0.1, 0.15) is 11.3 Å². The molecule has 1 N–H and O–H groups in total. The molecular formula is C20H15ClN2O3. The lowest BCUT2D eigenvalue weighted by Crippen LogP contribution is -2.28. The highest BCUT2D eigenvalue weighted by molar-refractivity contribution is 6.30. The molecule has 0 fully saturated rings. The number of rotatable bonds is 6. The first-order chi connectivity index (χ1) is 12.7. The highest BCUT2D eigenvalue weighted by Crippen LogP contribution is 2.23. The lowest BCUT2D eigenvalue weighted by atomic mass is 10.2. The van der Waals surface area contributed by atoms with E-state index >= 15 is 0 Å². The minimum Gasteiger partial charge on any atom is -0.482 e. The van der Waals surface area contributed by atoms with E-state index in [1.54, 1.807) is 42.5 Å². The molecule has 130 valence electrons. The topological polar surface area (TPSA) is 75.3 Å². The highest BCUT2D eigenvalue weighted by Gasteiger charge is 2.09. The van der Waals surface area contributed by atoms with Crippen molar-refractivity contribution in [2.45, 2.75) is 6.54 Å². The van der Waals surface area contributed by atoms with Crippen LogP contribution < -0.4 is 10.1 Å². The molecule has 0 atom stereocenters. The van der Waals surface area contributed by atoms with Crippen LogP contribution in [-0.2, 0) is 11.3 Å². The van der Waals surface area contributed by atoms with Crippen LogP contribution in [0.15, 0.2) is 65.1 Å². The van der Waals surface area contributed by atoms with Gasteiger partial charge in [-0.2, -0.15) is 5.26 Å². The molecule has 0 saturated carbocycles. The smallest absolute Gasteiger partial charge is 0.258 e. The maximum atomic E-state index is 11.9. The normalized spacial score (nSPS) is 10.2. The van der Waals surface area contributed by atoms with Crippen LogP contribution in [0.4, 0.5) is 0 Å². The van der Waals surface area contributed by atoms with Crippen molar-refractivity contribution in [2.24, 2.45) is 0 Å². The number of benzene rings is 2. The van der Waals surface area contributed by atoms with Crippen molar-refractivity contribution in [1.82, 2.24) is 5.32 Å². The number of furan rings is 1. The molecule has 0 aliphatic heterocycles. The summed E-state index contributed by atoms with van der Waals surface area (Å²) in [5.41, 5.74) is 1.29. The Kier molecular flexibility index (Phi) is 5.57. The van der Waals surface area contributed by atoms with Gasteiger partial charge >= 0.3 is 0 Å². The number of hydrogen-bond acceptors (Lipinski definition) is 4. The van der Waals surface area contributed by atoms with E-state index in [1.807, 2.05) is 24.3 Å². The maximum Gasteiger partial charge on any atom is 0.258 e. The molecule has 0 aliphatic rings. The standard InChI is InChI=1S/C20H15ClN2O3/c21-16-7-5-14(6-8-16)19-10-9-17(26-19)12-23-20(24)13-25-18-4-2-1-3-15(18)11-22/h1-10H,12-13H2,(H,23,24). The quantitative estimate of drug-likeness (QED) is 0.710. The zero-order chi connectivity index (χ0) is 18.4. The van der Waals surface area contributed by atoms with E-state index in [0.717, 1.165) is 5.56 Å².